The Bertz CT molecular complexity index is 978. The molecule has 0 saturated heterocycles. The highest BCUT2D eigenvalue weighted by atomic mass is 19.1. The number of benzene rings is 3. The van der Waals surface area contributed by atoms with Crippen LogP contribution < -0.4 is 15.2 Å². The van der Waals surface area contributed by atoms with Gasteiger partial charge >= 0.3 is 0 Å². The van der Waals surface area contributed by atoms with E-state index in [2.05, 4.69) is 0 Å². The van der Waals surface area contributed by atoms with E-state index in [1.54, 1.807) is 35.2 Å². The molecule has 3 rings (SSSR count). The third-order valence-electron chi connectivity index (χ3n) is 4.70. The molecular weight excluding hydrogens is 395 g/mol. The van der Waals surface area contributed by atoms with Crippen LogP contribution in [0.1, 0.15) is 28.4 Å². The molecule has 0 aromatic heterocycles. The van der Waals surface area contributed by atoms with Crippen molar-refractivity contribution in [3.63, 3.8) is 0 Å². The Balaban J connectivity index is 1.85. The molecule has 0 heterocycles. The Labute approximate surface area is 182 Å². The van der Waals surface area contributed by atoms with Crippen LogP contribution in [0.3, 0.4) is 0 Å². The maximum atomic E-state index is 13.4. The molecule has 3 aromatic carbocycles. The molecule has 0 aliphatic rings. The molecule has 0 unspecified atom stereocenters. The first-order chi connectivity index (χ1) is 15.1. The zero-order valence-electron chi connectivity index (χ0n) is 17.6. The molecule has 31 heavy (non-hydrogen) atoms. The van der Waals surface area contributed by atoms with Crippen molar-refractivity contribution in [1.29, 1.82) is 0 Å². The van der Waals surface area contributed by atoms with Gasteiger partial charge in [0, 0.05) is 25.7 Å². The van der Waals surface area contributed by atoms with Crippen molar-refractivity contribution in [1.82, 2.24) is 4.90 Å². The number of hydrogen-bond donors (Lipinski definition) is 1. The van der Waals surface area contributed by atoms with Crippen molar-refractivity contribution in [2.24, 2.45) is 5.73 Å². The molecule has 0 radical (unpaired) electrons. The van der Waals surface area contributed by atoms with Crippen LogP contribution in [0, 0.1) is 5.82 Å². The molecule has 5 nitrogen and oxygen atoms in total. The smallest absolute Gasteiger partial charge is 0.257 e. The first-order valence-electron chi connectivity index (χ1n) is 10.3. The van der Waals surface area contributed by atoms with Gasteiger partial charge in [-0.15, -0.1) is 0 Å². The molecule has 0 fully saturated rings. The molecule has 3 aromatic rings. The fourth-order valence-corrected chi connectivity index (χ4v) is 3.18. The maximum absolute atomic E-state index is 13.4. The van der Waals surface area contributed by atoms with Gasteiger partial charge in [0.2, 0.25) is 0 Å². The summed E-state index contributed by atoms with van der Waals surface area (Å²) in [6.07, 6.45) is 0. The third kappa shape index (κ3) is 6.30. The summed E-state index contributed by atoms with van der Waals surface area (Å²) in [6, 6.07) is 21.0. The lowest BCUT2D eigenvalue weighted by Crippen LogP contribution is -2.35. The molecule has 0 atom stereocenters. The number of ether oxygens (including phenoxy) is 2. The number of amides is 1. The fraction of sp³-hybridized carbons (Fsp3) is 0.240. The standard InChI is InChI=1S/C25H27FN2O3/c1-2-30-22-12-13-23(24(16-22)31-18-20-6-4-3-5-7-20)25(29)28(15-14-27)17-19-8-10-21(26)11-9-19/h3-13,16H,2,14-15,17-18,27H2,1H3. The van der Waals surface area contributed by atoms with Crippen LogP contribution in [0.5, 0.6) is 11.5 Å². The highest BCUT2D eigenvalue weighted by Crippen LogP contribution is 2.28. The van der Waals surface area contributed by atoms with Crippen LogP contribution >= 0.6 is 0 Å². The molecule has 1 amide bonds. The normalized spacial score (nSPS) is 10.5. The van der Waals surface area contributed by atoms with Gasteiger partial charge in [0.25, 0.3) is 5.91 Å². The van der Waals surface area contributed by atoms with Crippen LogP contribution in [-0.4, -0.2) is 30.5 Å². The summed E-state index contributed by atoms with van der Waals surface area (Å²) in [5.74, 6) is 0.552. The molecule has 0 saturated carbocycles. The van der Waals surface area contributed by atoms with E-state index in [0.29, 0.717) is 49.9 Å². The summed E-state index contributed by atoms with van der Waals surface area (Å²) < 4.78 is 24.9. The highest BCUT2D eigenvalue weighted by Gasteiger charge is 2.21. The van der Waals surface area contributed by atoms with Gasteiger partial charge in [-0.05, 0) is 42.3 Å². The summed E-state index contributed by atoms with van der Waals surface area (Å²) in [5.41, 5.74) is 7.99. The number of halogens is 1. The van der Waals surface area contributed by atoms with Crippen molar-refractivity contribution >= 4 is 5.91 Å². The van der Waals surface area contributed by atoms with E-state index in [9.17, 15) is 9.18 Å². The first-order valence-corrected chi connectivity index (χ1v) is 10.3. The number of nitrogens with two attached hydrogens (primary N) is 1. The van der Waals surface area contributed by atoms with E-state index in [-0.39, 0.29) is 11.7 Å². The van der Waals surface area contributed by atoms with Crippen molar-refractivity contribution in [2.75, 3.05) is 19.7 Å². The van der Waals surface area contributed by atoms with Gasteiger partial charge in [-0.2, -0.15) is 0 Å². The van der Waals surface area contributed by atoms with E-state index >= 15 is 0 Å². The van der Waals surface area contributed by atoms with Crippen LogP contribution in [0.15, 0.2) is 72.8 Å². The van der Waals surface area contributed by atoms with Crippen LogP contribution in [0.4, 0.5) is 4.39 Å². The van der Waals surface area contributed by atoms with Gasteiger partial charge in [-0.1, -0.05) is 42.5 Å². The van der Waals surface area contributed by atoms with Gasteiger partial charge in [0.05, 0.1) is 12.2 Å². The van der Waals surface area contributed by atoms with Crippen molar-refractivity contribution in [3.8, 4) is 11.5 Å². The third-order valence-corrected chi connectivity index (χ3v) is 4.70. The lowest BCUT2D eigenvalue weighted by molar-refractivity contribution is 0.0743. The van der Waals surface area contributed by atoms with Gasteiger partial charge in [0.1, 0.15) is 23.9 Å². The zero-order chi connectivity index (χ0) is 22.1. The molecular formula is C25H27FN2O3. The molecule has 6 heteroatoms. The molecule has 0 aliphatic heterocycles. The van der Waals surface area contributed by atoms with Crippen LogP contribution in [0.25, 0.3) is 0 Å². The maximum Gasteiger partial charge on any atom is 0.257 e. The topological polar surface area (TPSA) is 64.8 Å². The number of nitrogens with zero attached hydrogens (tertiary/aromatic N) is 1. The Morgan fingerprint density at radius 1 is 0.968 bits per heavy atom. The summed E-state index contributed by atoms with van der Waals surface area (Å²) in [6.45, 7) is 3.73. The average molecular weight is 423 g/mol. The number of carbonyl (C=O) groups is 1. The highest BCUT2D eigenvalue weighted by molar-refractivity contribution is 5.97. The molecule has 162 valence electrons. The lowest BCUT2D eigenvalue weighted by atomic mass is 10.1. The van der Waals surface area contributed by atoms with Gasteiger partial charge in [-0.3, -0.25) is 4.79 Å². The SMILES string of the molecule is CCOc1ccc(C(=O)N(CCN)Cc2ccc(F)cc2)c(OCc2ccccc2)c1. The van der Waals surface area contributed by atoms with E-state index < -0.39 is 0 Å². The van der Waals surface area contributed by atoms with Crippen molar-refractivity contribution in [3.05, 3.63) is 95.3 Å². The minimum Gasteiger partial charge on any atom is -0.494 e. The Kier molecular flexibility index (Phi) is 8.01. The molecule has 0 spiro atoms. The van der Waals surface area contributed by atoms with Gasteiger partial charge < -0.3 is 20.1 Å². The van der Waals surface area contributed by atoms with E-state index in [1.807, 2.05) is 37.3 Å². The average Bonchev–Trinajstić information content (AvgIpc) is 2.79. The lowest BCUT2D eigenvalue weighted by Gasteiger charge is -2.24. The largest absolute Gasteiger partial charge is 0.494 e. The van der Waals surface area contributed by atoms with Crippen LogP contribution in [-0.2, 0) is 13.2 Å². The zero-order valence-corrected chi connectivity index (χ0v) is 17.6. The number of hydrogen-bond acceptors (Lipinski definition) is 4. The second kappa shape index (κ2) is 11.1. The van der Waals surface area contributed by atoms with Crippen molar-refractivity contribution in [2.45, 2.75) is 20.1 Å². The van der Waals surface area contributed by atoms with Gasteiger partial charge in [-0.25, -0.2) is 4.39 Å². The number of carbonyl (C=O) groups excluding carboxylic acids is 1. The monoisotopic (exact) mass is 422 g/mol. The second-order valence-electron chi connectivity index (χ2n) is 7.01. The predicted molar refractivity (Wildman–Crippen MR) is 119 cm³/mol. The van der Waals surface area contributed by atoms with Crippen LogP contribution in [0.2, 0.25) is 0 Å². The first kappa shape index (κ1) is 22.3. The van der Waals surface area contributed by atoms with Crippen molar-refractivity contribution < 1.29 is 18.7 Å². The summed E-state index contributed by atoms with van der Waals surface area (Å²) in [7, 11) is 0. The quantitative estimate of drug-likeness (QED) is 0.526. The van der Waals surface area contributed by atoms with E-state index in [0.717, 1.165) is 11.1 Å². The minimum absolute atomic E-state index is 0.208. The Morgan fingerprint density at radius 2 is 1.71 bits per heavy atom. The summed E-state index contributed by atoms with van der Waals surface area (Å²) in [5, 5.41) is 0. The summed E-state index contributed by atoms with van der Waals surface area (Å²) in [4.78, 5) is 15.0. The van der Waals surface area contributed by atoms with E-state index in [4.69, 9.17) is 15.2 Å². The molecule has 0 bridgehead atoms. The predicted octanol–water partition coefficient (Wildman–Crippen LogP) is 4.40. The number of rotatable bonds is 10. The Hall–Kier alpha value is -3.38. The fourth-order valence-electron chi connectivity index (χ4n) is 3.18. The molecule has 0 aliphatic carbocycles. The van der Waals surface area contributed by atoms with Gasteiger partial charge in [0.15, 0.2) is 0 Å². The minimum atomic E-state index is -0.316. The summed E-state index contributed by atoms with van der Waals surface area (Å²) >= 11 is 0. The molecule has 2 N–H and O–H groups in total. The van der Waals surface area contributed by atoms with E-state index in [1.165, 1.54) is 12.1 Å². The second-order valence-corrected chi connectivity index (χ2v) is 7.01. The Morgan fingerprint density at radius 3 is 2.39 bits per heavy atom.